The molecule has 1 aliphatic rings. The number of anilines is 2. The second-order valence-corrected chi connectivity index (χ2v) is 6.84. The van der Waals surface area contributed by atoms with Crippen molar-refractivity contribution >= 4 is 40.5 Å². The molecule has 0 fully saturated rings. The topological polar surface area (TPSA) is 106 Å². The molecule has 3 aromatic rings. The summed E-state index contributed by atoms with van der Waals surface area (Å²) in [6.07, 6.45) is 2.06. The van der Waals surface area contributed by atoms with Gasteiger partial charge in [-0.3, -0.25) is 19.7 Å². The maximum Gasteiger partial charge on any atom is 0.293 e. The molecule has 2 amide bonds. The lowest BCUT2D eigenvalue weighted by Crippen LogP contribution is -2.28. The second kappa shape index (κ2) is 7.40. The Balaban J connectivity index is 1.57. The fraction of sp³-hybridized carbons (Fsp3) is 0.100. The van der Waals surface area contributed by atoms with Gasteiger partial charge in [-0.25, -0.2) is 0 Å². The molecule has 0 saturated carbocycles. The number of fused-ring (bicyclic) bond motifs is 1. The van der Waals surface area contributed by atoms with Gasteiger partial charge in [0.1, 0.15) is 5.56 Å². The summed E-state index contributed by atoms with van der Waals surface area (Å²) >= 11 is 5.89. The fourth-order valence-electron chi connectivity index (χ4n) is 3.27. The van der Waals surface area contributed by atoms with Crippen LogP contribution in [0.2, 0.25) is 5.02 Å². The number of halogens is 1. The normalized spacial score (nSPS) is 12.5. The summed E-state index contributed by atoms with van der Waals surface area (Å²) in [5.41, 5.74) is 1.62. The number of hydrogen-bond acceptors (Lipinski definition) is 5. The summed E-state index contributed by atoms with van der Waals surface area (Å²) in [6, 6.07) is 12.2. The first kappa shape index (κ1) is 18.7. The van der Waals surface area contributed by atoms with Gasteiger partial charge in [-0.1, -0.05) is 11.6 Å². The molecule has 0 saturated heterocycles. The summed E-state index contributed by atoms with van der Waals surface area (Å²) in [4.78, 5) is 37.3. The lowest BCUT2D eigenvalue weighted by atomic mass is 10.1. The summed E-state index contributed by atoms with van der Waals surface area (Å²) in [5.74, 6) is -0.621. The predicted molar refractivity (Wildman–Crippen MR) is 107 cm³/mol. The van der Waals surface area contributed by atoms with Crippen molar-refractivity contribution in [1.29, 1.82) is 0 Å². The first-order valence-electron chi connectivity index (χ1n) is 8.67. The van der Waals surface area contributed by atoms with E-state index in [2.05, 4.69) is 5.32 Å². The molecular formula is C20H14ClN3O5. The van der Waals surface area contributed by atoms with Crippen LogP contribution >= 0.6 is 11.6 Å². The zero-order valence-corrected chi connectivity index (χ0v) is 15.7. The van der Waals surface area contributed by atoms with Gasteiger partial charge in [0.15, 0.2) is 5.76 Å². The minimum absolute atomic E-state index is 0.127. The highest BCUT2D eigenvalue weighted by molar-refractivity contribution is 6.31. The van der Waals surface area contributed by atoms with E-state index in [0.717, 1.165) is 11.3 Å². The van der Waals surface area contributed by atoms with E-state index in [9.17, 15) is 19.7 Å². The predicted octanol–water partition coefficient (Wildman–Crippen LogP) is 4.30. The molecule has 0 spiro atoms. The first-order chi connectivity index (χ1) is 13.9. The number of nitrogens with zero attached hydrogens (tertiary/aromatic N) is 2. The van der Waals surface area contributed by atoms with Gasteiger partial charge >= 0.3 is 0 Å². The van der Waals surface area contributed by atoms with Gasteiger partial charge in [0.05, 0.1) is 11.2 Å². The maximum atomic E-state index is 12.6. The van der Waals surface area contributed by atoms with Crippen molar-refractivity contribution in [2.75, 3.05) is 16.8 Å². The molecule has 0 atom stereocenters. The van der Waals surface area contributed by atoms with Crippen LogP contribution in [0.1, 0.15) is 26.5 Å². The fourth-order valence-corrected chi connectivity index (χ4v) is 3.44. The highest BCUT2D eigenvalue weighted by atomic mass is 35.5. The highest BCUT2D eigenvalue weighted by Gasteiger charge is 2.28. The Hall–Kier alpha value is -3.65. The van der Waals surface area contributed by atoms with Crippen LogP contribution in [0.5, 0.6) is 0 Å². The molecule has 0 unspecified atom stereocenters. The number of amides is 2. The molecule has 1 N–H and O–H groups in total. The number of rotatable bonds is 4. The van der Waals surface area contributed by atoms with Gasteiger partial charge in [-0.15, -0.1) is 0 Å². The van der Waals surface area contributed by atoms with E-state index in [1.807, 2.05) is 0 Å². The SMILES string of the molecule is O=C(Nc1ccc2c(c1)CCN2C(=O)c1ccco1)c1cc(Cl)ccc1[N+](=O)[O-]. The van der Waals surface area contributed by atoms with E-state index in [-0.39, 0.29) is 27.9 Å². The smallest absolute Gasteiger partial charge is 0.293 e. The number of furan rings is 1. The Morgan fingerprint density at radius 3 is 2.72 bits per heavy atom. The number of carbonyl (C=O) groups excluding carboxylic acids is 2. The molecule has 146 valence electrons. The first-order valence-corrected chi connectivity index (χ1v) is 9.05. The van der Waals surface area contributed by atoms with Crippen LogP contribution in [0.15, 0.2) is 59.2 Å². The van der Waals surface area contributed by atoms with E-state index in [4.69, 9.17) is 16.0 Å². The van der Waals surface area contributed by atoms with E-state index < -0.39 is 10.8 Å². The number of hydrogen-bond donors (Lipinski definition) is 1. The third kappa shape index (κ3) is 3.57. The average molecular weight is 412 g/mol. The summed E-state index contributed by atoms with van der Waals surface area (Å²) in [5, 5.41) is 14.1. The van der Waals surface area contributed by atoms with Crippen molar-refractivity contribution in [3.8, 4) is 0 Å². The lowest BCUT2D eigenvalue weighted by Gasteiger charge is -2.16. The largest absolute Gasteiger partial charge is 0.459 e. The Labute approximate surface area is 169 Å². The van der Waals surface area contributed by atoms with Crippen molar-refractivity contribution in [1.82, 2.24) is 0 Å². The molecule has 0 aliphatic carbocycles. The van der Waals surface area contributed by atoms with E-state index in [1.54, 1.807) is 35.2 Å². The molecule has 2 aromatic carbocycles. The van der Waals surface area contributed by atoms with Crippen molar-refractivity contribution in [3.05, 3.63) is 86.8 Å². The Bertz CT molecular complexity index is 1130. The van der Waals surface area contributed by atoms with Gasteiger partial charge in [0, 0.05) is 29.0 Å². The summed E-state index contributed by atoms with van der Waals surface area (Å²) in [7, 11) is 0. The number of nitrogens with one attached hydrogen (secondary N) is 1. The molecular weight excluding hydrogens is 398 g/mol. The van der Waals surface area contributed by atoms with Gasteiger partial charge < -0.3 is 14.6 Å². The number of nitro groups is 1. The molecule has 1 aromatic heterocycles. The van der Waals surface area contributed by atoms with Crippen molar-refractivity contribution in [3.63, 3.8) is 0 Å². The number of nitro benzene ring substituents is 1. The maximum absolute atomic E-state index is 12.6. The van der Waals surface area contributed by atoms with E-state index in [0.29, 0.717) is 18.7 Å². The van der Waals surface area contributed by atoms with E-state index in [1.165, 1.54) is 24.5 Å². The Kier molecular flexibility index (Phi) is 4.77. The van der Waals surface area contributed by atoms with Crippen LogP contribution in [0.3, 0.4) is 0 Å². The van der Waals surface area contributed by atoms with Crippen LogP contribution in [0.25, 0.3) is 0 Å². The zero-order valence-electron chi connectivity index (χ0n) is 14.9. The molecule has 1 aliphatic heterocycles. The average Bonchev–Trinajstić information content (AvgIpc) is 3.37. The Morgan fingerprint density at radius 1 is 1.17 bits per heavy atom. The lowest BCUT2D eigenvalue weighted by molar-refractivity contribution is -0.385. The zero-order chi connectivity index (χ0) is 20.5. The van der Waals surface area contributed by atoms with Crippen LogP contribution in [-0.2, 0) is 6.42 Å². The molecule has 0 bridgehead atoms. The molecule has 2 heterocycles. The van der Waals surface area contributed by atoms with Crippen LogP contribution in [0.4, 0.5) is 17.1 Å². The third-order valence-electron chi connectivity index (χ3n) is 4.61. The quantitative estimate of drug-likeness (QED) is 0.509. The summed E-state index contributed by atoms with van der Waals surface area (Å²) < 4.78 is 5.17. The number of benzene rings is 2. The van der Waals surface area contributed by atoms with Crippen molar-refractivity contribution < 1.29 is 18.9 Å². The standard InChI is InChI=1S/C20H14ClN3O5/c21-13-3-5-17(24(27)28)15(11-13)19(25)22-14-4-6-16-12(10-14)7-8-23(16)20(26)18-2-1-9-29-18/h1-6,9-11H,7-8H2,(H,22,25). The van der Waals surface area contributed by atoms with Crippen molar-refractivity contribution in [2.45, 2.75) is 6.42 Å². The highest BCUT2D eigenvalue weighted by Crippen LogP contribution is 2.32. The van der Waals surface area contributed by atoms with E-state index >= 15 is 0 Å². The monoisotopic (exact) mass is 411 g/mol. The molecule has 4 rings (SSSR count). The molecule has 29 heavy (non-hydrogen) atoms. The molecule has 8 nitrogen and oxygen atoms in total. The van der Waals surface area contributed by atoms with Crippen molar-refractivity contribution in [2.24, 2.45) is 0 Å². The Morgan fingerprint density at radius 2 is 2.00 bits per heavy atom. The summed E-state index contributed by atoms with van der Waals surface area (Å²) in [6.45, 7) is 0.492. The third-order valence-corrected chi connectivity index (χ3v) is 4.85. The van der Waals surface area contributed by atoms with Gasteiger partial charge in [0.25, 0.3) is 17.5 Å². The van der Waals surface area contributed by atoms with Gasteiger partial charge in [-0.05, 0) is 54.4 Å². The minimum atomic E-state index is -0.638. The second-order valence-electron chi connectivity index (χ2n) is 6.40. The van der Waals surface area contributed by atoms with Gasteiger partial charge in [-0.2, -0.15) is 0 Å². The van der Waals surface area contributed by atoms with Crippen LogP contribution in [-0.4, -0.2) is 23.3 Å². The minimum Gasteiger partial charge on any atom is -0.459 e. The molecule has 0 radical (unpaired) electrons. The number of carbonyl (C=O) groups is 2. The van der Waals surface area contributed by atoms with Crippen LogP contribution in [0, 0.1) is 10.1 Å². The van der Waals surface area contributed by atoms with Gasteiger partial charge in [0.2, 0.25) is 0 Å². The van der Waals surface area contributed by atoms with Crippen LogP contribution < -0.4 is 10.2 Å². The molecule has 9 heteroatoms.